The molecule has 492 valence electrons. The van der Waals surface area contributed by atoms with E-state index >= 15 is 0 Å². The smallest absolute Gasteiger partial charge is 0.305 e. The third kappa shape index (κ3) is 17.8. The van der Waals surface area contributed by atoms with Gasteiger partial charge in [-0.2, -0.15) is 0 Å². The second-order valence-electron chi connectivity index (χ2n) is 22.6. The average Bonchev–Trinajstić information content (AvgIpc) is 1.92. The predicted molar refractivity (Wildman–Crippen MR) is 274 cm³/mol. The van der Waals surface area contributed by atoms with E-state index in [0.29, 0.717) is 51.4 Å². The molecule has 6 rings (SSSR count). The van der Waals surface area contributed by atoms with E-state index in [2.05, 4.69) is 0 Å². The molecule has 19 N–H and O–H groups in total. The second kappa shape index (κ2) is 33.4. The van der Waals surface area contributed by atoms with Crippen LogP contribution in [-0.4, -0.2) is 326 Å². The van der Waals surface area contributed by atoms with Crippen LogP contribution in [0, 0.1) is 0 Å². The zero-order valence-electron chi connectivity index (χ0n) is 47.1. The van der Waals surface area contributed by atoms with Gasteiger partial charge in [0.2, 0.25) is 0 Å². The van der Waals surface area contributed by atoms with Gasteiger partial charge >= 0.3 is 5.97 Å². The fourth-order valence-electron chi connectivity index (χ4n) is 11.0. The van der Waals surface area contributed by atoms with E-state index in [-0.39, 0.29) is 6.42 Å². The van der Waals surface area contributed by atoms with Crippen molar-refractivity contribution in [3.63, 3.8) is 0 Å². The van der Waals surface area contributed by atoms with Crippen LogP contribution in [-0.2, 0) is 61.6 Å². The lowest BCUT2D eigenvalue weighted by Crippen LogP contribution is -2.69. The molecular weight excluding hydrogens is 1140 g/mol. The molecule has 0 aromatic rings. The molecule has 0 radical (unpaired) electrons. The fraction of sp³-hybridized carbons (Fsp3) is 0.981. The number of aliphatic hydroxyl groups is 18. The highest BCUT2D eigenvalue weighted by atomic mass is 16.8. The number of ether oxygens (including phenoxy) is 12. The monoisotopic (exact) mass is 1230 g/mol. The van der Waals surface area contributed by atoms with E-state index in [1.165, 1.54) is 13.8 Å². The molecule has 6 saturated heterocycles. The maximum absolute atomic E-state index is 12.2. The largest absolute Gasteiger partial charge is 0.481 e. The molecule has 6 heterocycles. The Morgan fingerprint density at radius 3 is 1.40 bits per heavy atom. The first-order valence-corrected chi connectivity index (χ1v) is 28.9. The molecule has 32 heteroatoms. The maximum atomic E-state index is 12.2. The Balaban J connectivity index is 1.32. The fourth-order valence-corrected chi connectivity index (χ4v) is 11.0. The standard InChI is InChI=1S/C52H92O32/c1-4-5-13-23(14-11-9-7-6-8-10-12-22(56)15-28(57)58)76-51-45(38(68)33(63)27(80-51)19-73-47-39(69)35(65)29(59)20(2)74-47)83-52-46(44(34(64)26(18-55)79-52)82-49-41(71)37(67)32(62)25(17-54)78-49)84-50-42(72)43(30(60)21(3)75-50)81-48-40(70)36(66)31(61)24(16-53)77-48/h20-27,29-56,59-72H,4-19H2,1-3H3,(H,57,58)/t20-,21-,22-,23-,24+,25+,26+,27+,29-,30-,31+,32+,33+,34+,35+,36-,37-,38-,39+,40+,41+,42+,43+,44-,45+,46+,47+,48-,49-,50-,51+,52-/m0/s1. The maximum Gasteiger partial charge on any atom is 0.305 e. The van der Waals surface area contributed by atoms with Crippen LogP contribution in [0.5, 0.6) is 0 Å². The first-order valence-electron chi connectivity index (χ1n) is 28.9. The van der Waals surface area contributed by atoms with Crippen molar-refractivity contribution in [1.29, 1.82) is 0 Å². The van der Waals surface area contributed by atoms with E-state index < -0.39 is 229 Å². The lowest BCUT2D eigenvalue weighted by molar-refractivity contribution is -0.414. The van der Waals surface area contributed by atoms with Crippen LogP contribution < -0.4 is 0 Å². The number of carboxylic acid groups (broad SMARTS) is 1. The molecule has 6 aliphatic heterocycles. The van der Waals surface area contributed by atoms with E-state index in [0.717, 1.165) is 19.3 Å². The molecular formula is C52H92O32. The normalized spacial score (nSPS) is 45.7. The molecule has 0 spiro atoms. The quantitative estimate of drug-likeness (QED) is 0.0297. The summed E-state index contributed by atoms with van der Waals surface area (Å²) < 4.78 is 72.2. The van der Waals surface area contributed by atoms with Crippen LogP contribution in [0.2, 0.25) is 0 Å². The van der Waals surface area contributed by atoms with Crippen molar-refractivity contribution in [3.05, 3.63) is 0 Å². The molecule has 32 atom stereocenters. The number of hydrogen-bond acceptors (Lipinski definition) is 31. The Labute approximate surface area is 484 Å². The summed E-state index contributed by atoms with van der Waals surface area (Å²) in [5.74, 6) is -1.09. The van der Waals surface area contributed by atoms with Gasteiger partial charge in [-0.3, -0.25) is 4.79 Å². The van der Waals surface area contributed by atoms with Crippen molar-refractivity contribution in [2.75, 3.05) is 26.4 Å². The topological polar surface area (TPSA) is 512 Å². The molecule has 6 fully saturated rings. The molecule has 0 aromatic heterocycles. The molecule has 0 unspecified atom stereocenters. The summed E-state index contributed by atoms with van der Waals surface area (Å²) in [6.07, 6.45) is -50.3. The summed E-state index contributed by atoms with van der Waals surface area (Å²) in [6, 6.07) is 0. The SMILES string of the molecule is CCCC[C@@H](CCCCCCCC[C@H](O)CC(=O)O)O[C@@H]1O[C@H](CO[C@@H]2O[C@@H](C)[C@H](O)[C@@H](O)[C@H]2O)[C@@H](O)[C@H](O)[C@H]1O[C@@H]1O[C@H](CO)[C@@H](O)[C@H](O[C@@H]2O[C@H](CO)[C@@H](O)[C@H](O)[C@H]2O)[C@H]1O[C@@H]1O[C@@H](C)[C@H](O)[C@@H](O[C@@H]2O[C@H](CO)[C@@H](O)[C@H](O)[C@H]2O)[C@H]1O. The summed E-state index contributed by atoms with van der Waals surface area (Å²) in [7, 11) is 0. The summed E-state index contributed by atoms with van der Waals surface area (Å²) in [4.78, 5) is 10.9. The summed E-state index contributed by atoms with van der Waals surface area (Å²) in [5, 5.41) is 204. The van der Waals surface area contributed by atoms with Gasteiger partial charge in [0.1, 0.15) is 134 Å². The first-order chi connectivity index (χ1) is 39.9. The molecule has 0 saturated carbocycles. The number of unbranched alkanes of at least 4 members (excludes halogenated alkanes) is 6. The molecule has 0 bridgehead atoms. The van der Waals surface area contributed by atoms with Crippen LogP contribution >= 0.6 is 0 Å². The Kier molecular flexibility index (Phi) is 28.3. The number of aliphatic carboxylic acids is 1. The molecule has 6 aliphatic rings. The molecule has 84 heavy (non-hydrogen) atoms. The second-order valence-corrected chi connectivity index (χ2v) is 22.6. The average molecular weight is 1230 g/mol. The highest BCUT2D eigenvalue weighted by Crippen LogP contribution is 2.38. The molecule has 0 aromatic carbocycles. The van der Waals surface area contributed by atoms with Gasteiger partial charge in [0, 0.05) is 0 Å². The first kappa shape index (κ1) is 71.3. The number of carbonyl (C=O) groups is 1. The zero-order valence-corrected chi connectivity index (χ0v) is 47.1. The minimum atomic E-state index is -2.18. The minimum absolute atomic E-state index is 0.338. The van der Waals surface area contributed by atoms with Crippen LogP contribution in [0.1, 0.15) is 97.8 Å². The Morgan fingerprint density at radius 2 is 0.833 bits per heavy atom. The summed E-state index contributed by atoms with van der Waals surface area (Å²) in [6.45, 7) is 1.16. The third-order valence-electron chi connectivity index (χ3n) is 16.2. The van der Waals surface area contributed by atoms with E-state index in [9.17, 15) is 96.7 Å². The van der Waals surface area contributed by atoms with Crippen molar-refractivity contribution in [2.45, 2.75) is 294 Å². The van der Waals surface area contributed by atoms with Crippen LogP contribution in [0.25, 0.3) is 0 Å². The van der Waals surface area contributed by atoms with Gasteiger partial charge in [0.05, 0.1) is 57.3 Å². The van der Waals surface area contributed by atoms with Crippen LogP contribution in [0.3, 0.4) is 0 Å². The number of rotatable bonds is 30. The van der Waals surface area contributed by atoms with E-state index in [1.54, 1.807) is 0 Å². The number of carboxylic acids is 1. The van der Waals surface area contributed by atoms with E-state index in [1.807, 2.05) is 6.92 Å². The summed E-state index contributed by atoms with van der Waals surface area (Å²) in [5.41, 5.74) is 0. The third-order valence-corrected chi connectivity index (χ3v) is 16.2. The van der Waals surface area contributed by atoms with Crippen molar-refractivity contribution in [3.8, 4) is 0 Å². The predicted octanol–water partition coefficient (Wildman–Crippen LogP) is -7.51. The summed E-state index contributed by atoms with van der Waals surface area (Å²) >= 11 is 0. The van der Waals surface area contributed by atoms with Gasteiger partial charge in [-0.15, -0.1) is 0 Å². The van der Waals surface area contributed by atoms with Gasteiger partial charge < -0.3 is 154 Å². The van der Waals surface area contributed by atoms with Gasteiger partial charge in [0.25, 0.3) is 0 Å². The lowest BCUT2D eigenvalue weighted by atomic mass is 9.95. The Hall–Kier alpha value is -1.73. The molecule has 0 amide bonds. The van der Waals surface area contributed by atoms with Crippen LogP contribution in [0.15, 0.2) is 0 Å². The highest BCUT2D eigenvalue weighted by Gasteiger charge is 2.58. The lowest BCUT2D eigenvalue weighted by Gasteiger charge is -2.51. The zero-order chi connectivity index (χ0) is 61.9. The van der Waals surface area contributed by atoms with Crippen molar-refractivity contribution < 1.29 is 159 Å². The Morgan fingerprint density at radius 1 is 0.405 bits per heavy atom. The van der Waals surface area contributed by atoms with Gasteiger partial charge in [0.15, 0.2) is 37.7 Å². The van der Waals surface area contributed by atoms with Crippen molar-refractivity contribution in [1.82, 2.24) is 0 Å². The van der Waals surface area contributed by atoms with Crippen LogP contribution in [0.4, 0.5) is 0 Å². The van der Waals surface area contributed by atoms with Crippen molar-refractivity contribution >= 4 is 5.97 Å². The van der Waals surface area contributed by atoms with E-state index in [4.69, 9.17) is 61.9 Å². The van der Waals surface area contributed by atoms with Gasteiger partial charge in [-0.05, 0) is 33.1 Å². The molecule has 0 aliphatic carbocycles. The minimum Gasteiger partial charge on any atom is -0.481 e. The Bertz CT molecular complexity index is 1900. The molecule has 32 nitrogen and oxygen atoms in total. The highest BCUT2D eigenvalue weighted by molar-refractivity contribution is 5.67. The van der Waals surface area contributed by atoms with Gasteiger partial charge in [-0.25, -0.2) is 0 Å². The number of aliphatic hydroxyl groups excluding tert-OH is 18. The van der Waals surface area contributed by atoms with Gasteiger partial charge in [-0.1, -0.05) is 58.3 Å². The number of hydrogen-bond donors (Lipinski definition) is 19. The van der Waals surface area contributed by atoms with Crippen molar-refractivity contribution in [2.24, 2.45) is 0 Å².